The number of hydrogen-bond acceptors (Lipinski definition) is 3. The molecule has 4 nitrogen and oxygen atoms in total. The lowest BCUT2D eigenvalue weighted by molar-refractivity contribution is 0.411. The SMILES string of the molecule is CCCS(=O)(=O)NCc1ccc(OC)c(C)c1C. The summed E-state index contributed by atoms with van der Waals surface area (Å²) < 4.78 is 31.0. The molecule has 0 saturated heterocycles. The van der Waals surface area contributed by atoms with Crippen LogP contribution in [-0.4, -0.2) is 21.3 Å². The van der Waals surface area contributed by atoms with E-state index in [-0.39, 0.29) is 5.75 Å². The van der Waals surface area contributed by atoms with E-state index >= 15 is 0 Å². The smallest absolute Gasteiger partial charge is 0.211 e. The summed E-state index contributed by atoms with van der Waals surface area (Å²) in [5.74, 6) is 0.994. The molecule has 0 bridgehead atoms. The Morgan fingerprint density at radius 2 is 1.89 bits per heavy atom. The van der Waals surface area contributed by atoms with Crippen molar-refractivity contribution in [1.29, 1.82) is 0 Å². The van der Waals surface area contributed by atoms with Crippen molar-refractivity contribution in [2.45, 2.75) is 33.7 Å². The van der Waals surface area contributed by atoms with Crippen LogP contribution in [0.4, 0.5) is 0 Å². The molecule has 0 aliphatic rings. The molecule has 0 aliphatic carbocycles. The zero-order valence-corrected chi connectivity index (χ0v) is 12.2. The molecule has 1 rings (SSSR count). The van der Waals surface area contributed by atoms with Crippen LogP contribution in [0.3, 0.4) is 0 Å². The minimum Gasteiger partial charge on any atom is -0.496 e. The van der Waals surface area contributed by atoms with Crippen molar-refractivity contribution in [3.8, 4) is 5.75 Å². The zero-order chi connectivity index (χ0) is 13.8. The van der Waals surface area contributed by atoms with Gasteiger partial charge in [-0.25, -0.2) is 13.1 Å². The van der Waals surface area contributed by atoms with E-state index in [0.29, 0.717) is 13.0 Å². The normalized spacial score (nSPS) is 11.6. The highest BCUT2D eigenvalue weighted by atomic mass is 32.2. The lowest BCUT2D eigenvalue weighted by Gasteiger charge is -2.13. The van der Waals surface area contributed by atoms with E-state index in [0.717, 1.165) is 22.4 Å². The van der Waals surface area contributed by atoms with Gasteiger partial charge in [-0.3, -0.25) is 0 Å². The summed E-state index contributed by atoms with van der Waals surface area (Å²) in [7, 11) is -1.53. The first kappa shape index (κ1) is 15.0. The third kappa shape index (κ3) is 3.71. The molecule has 0 atom stereocenters. The average Bonchev–Trinajstić information content (AvgIpc) is 2.31. The second kappa shape index (κ2) is 6.20. The van der Waals surface area contributed by atoms with Crippen LogP contribution in [-0.2, 0) is 16.6 Å². The second-order valence-corrected chi connectivity index (χ2v) is 6.24. The van der Waals surface area contributed by atoms with Crippen molar-refractivity contribution in [2.24, 2.45) is 0 Å². The van der Waals surface area contributed by atoms with Gasteiger partial charge in [-0.1, -0.05) is 13.0 Å². The van der Waals surface area contributed by atoms with Gasteiger partial charge in [0, 0.05) is 6.54 Å². The molecule has 1 aromatic carbocycles. The first-order valence-corrected chi connectivity index (χ1v) is 7.67. The zero-order valence-electron chi connectivity index (χ0n) is 11.4. The number of hydrogen-bond donors (Lipinski definition) is 1. The Hall–Kier alpha value is -1.07. The third-order valence-corrected chi connectivity index (χ3v) is 4.55. The van der Waals surface area contributed by atoms with Gasteiger partial charge in [0.2, 0.25) is 10.0 Å². The average molecular weight is 271 g/mol. The molecule has 18 heavy (non-hydrogen) atoms. The van der Waals surface area contributed by atoms with Crippen LogP contribution in [0, 0.1) is 13.8 Å². The van der Waals surface area contributed by atoms with E-state index in [1.54, 1.807) is 7.11 Å². The summed E-state index contributed by atoms with van der Waals surface area (Å²) in [6, 6.07) is 3.77. The van der Waals surface area contributed by atoms with Gasteiger partial charge >= 0.3 is 0 Å². The van der Waals surface area contributed by atoms with Gasteiger partial charge in [0.1, 0.15) is 5.75 Å². The molecule has 102 valence electrons. The van der Waals surface area contributed by atoms with Crippen LogP contribution in [0.1, 0.15) is 30.0 Å². The second-order valence-electron chi connectivity index (χ2n) is 4.32. The molecule has 0 fully saturated rings. The Morgan fingerprint density at radius 1 is 1.22 bits per heavy atom. The molecule has 0 saturated carbocycles. The minimum atomic E-state index is -3.16. The third-order valence-electron chi connectivity index (χ3n) is 3.02. The van der Waals surface area contributed by atoms with Crippen LogP contribution in [0.25, 0.3) is 0 Å². The van der Waals surface area contributed by atoms with Crippen molar-refractivity contribution in [2.75, 3.05) is 12.9 Å². The standard InChI is InChI=1S/C13H21NO3S/c1-5-8-18(15,16)14-9-12-6-7-13(17-4)11(3)10(12)2/h6-7,14H,5,8-9H2,1-4H3. The van der Waals surface area contributed by atoms with E-state index in [1.165, 1.54) is 0 Å². The Bertz CT molecular complexity index is 509. The van der Waals surface area contributed by atoms with Gasteiger partial charge in [-0.05, 0) is 43.0 Å². The number of benzene rings is 1. The lowest BCUT2D eigenvalue weighted by Crippen LogP contribution is -2.26. The molecule has 0 spiro atoms. The van der Waals surface area contributed by atoms with Crippen LogP contribution in [0.2, 0.25) is 0 Å². The van der Waals surface area contributed by atoms with E-state index in [1.807, 2.05) is 32.9 Å². The molecule has 5 heteroatoms. The molecule has 0 aromatic heterocycles. The Balaban J connectivity index is 2.84. The molecule has 0 unspecified atom stereocenters. The topological polar surface area (TPSA) is 55.4 Å². The number of rotatable bonds is 6. The predicted octanol–water partition coefficient (Wildman–Crippen LogP) is 2.14. The Morgan fingerprint density at radius 3 is 2.44 bits per heavy atom. The summed E-state index contributed by atoms with van der Waals surface area (Å²) in [6.07, 6.45) is 0.621. The molecular formula is C13H21NO3S. The van der Waals surface area contributed by atoms with Crippen LogP contribution < -0.4 is 9.46 Å². The van der Waals surface area contributed by atoms with Gasteiger partial charge in [0.05, 0.1) is 12.9 Å². The first-order chi connectivity index (χ1) is 8.41. The minimum absolute atomic E-state index is 0.168. The van der Waals surface area contributed by atoms with Gasteiger partial charge in [0.15, 0.2) is 0 Å². The number of sulfonamides is 1. The molecule has 0 amide bonds. The number of methoxy groups -OCH3 is 1. The van der Waals surface area contributed by atoms with Gasteiger partial charge < -0.3 is 4.74 Å². The van der Waals surface area contributed by atoms with Crippen molar-refractivity contribution in [3.63, 3.8) is 0 Å². The Labute approximate surface area is 109 Å². The van der Waals surface area contributed by atoms with Crippen molar-refractivity contribution < 1.29 is 13.2 Å². The van der Waals surface area contributed by atoms with E-state index in [2.05, 4.69) is 4.72 Å². The van der Waals surface area contributed by atoms with Gasteiger partial charge in [0.25, 0.3) is 0 Å². The van der Waals surface area contributed by atoms with Crippen LogP contribution in [0.5, 0.6) is 5.75 Å². The van der Waals surface area contributed by atoms with Gasteiger partial charge in [-0.2, -0.15) is 0 Å². The Kier molecular flexibility index (Phi) is 5.16. The molecule has 1 aromatic rings. The predicted molar refractivity (Wildman–Crippen MR) is 73.4 cm³/mol. The fraction of sp³-hybridized carbons (Fsp3) is 0.538. The maximum atomic E-state index is 11.6. The van der Waals surface area contributed by atoms with Crippen LogP contribution >= 0.6 is 0 Å². The van der Waals surface area contributed by atoms with Crippen molar-refractivity contribution in [1.82, 2.24) is 4.72 Å². The molecule has 0 heterocycles. The fourth-order valence-corrected chi connectivity index (χ4v) is 2.85. The van der Waals surface area contributed by atoms with Crippen molar-refractivity contribution in [3.05, 3.63) is 28.8 Å². The maximum absolute atomic E-state index is 11.6. The summed E-state index contributed by atoms with van der Waals surface area (Å²) in [4.78, 5) is 0. The largest absolute Gasteiger partial charge is 0.496 e. The fourth-order valence-electron chi connectivity index (χ4n) is 1.79. The van der Waals surface area contributed by atoms with Crippen LogP contribution in [0.15, 0.2) is 12.1 Å². The molecule has 0 radical (unpaired) electrons. The quantitative estimate of drug-likeness (QED) is 0.862. The summed E-state index contributed by atoms with van der Waals surface area (Å²) in [6.45, 7) is 6.13. The highest BCUT2D eigenvalue weighted by Gasteiger charge is 2.11. The van der Waals surface area contributed by atoms with Gasteiger partial charge in [-0.15, -0.1) is 0 Å². The number of nitrogens with one attached hydrogen (secondary N) is 1. The number of ether oxygens (including phenoxy) is 1. The maximum Gasteiger partial charge on any atom is 0.211 e. The highest BCUT2D eigenvalue weighted by molar-refractivity contribution is 7.89. The molecule has 0 aliphatic heterocycles. The highest BCUT2D eigenvalue weighted by Crippen LogP contribution is 2.23. The monoisotopic (exact) mass is 271 g/mol. The molecular weight excluding hydrogens is 250 g/mol. The first-order valence-electron chi connectivity index (χ1n) is 6.01. The van der Waals surface area contributed by atoms with E-state index < -0.39 is 10.0 Å². The summed E-state index contributed by atoms with van der Waals surface area (Å²) >= 11 is 0. The lowest BCUT2D eigenvalue weighted by atomic mass is 10.0. The molecule has 1 N–H and O–H groups in total. The van der Waals surface area contributed by atoms with E-state index in [9.17, 15) is 8.42 Å². The summed E-state index contributed by atoms with van der Waals surface area (Å²) in [5.41, 5.74) is 3.09. The summed E-state index contributed by atoms with van der Waals surface area (Å²) in [5, 5.41) is 0. The van der Waals surface area contributed by atoms with E-state index in [4.69, 9.17) is 4.74 Å². The van der Waals surface area contributed by atoms with Crippen molar-refractivity contribution >= 4 is 10.0 Å².